The molecule has 1 aliphatic heterocycles. The van der Waals surface area contributed by atoms with Crippen LogP contribution in [0.3, 0.4) is 0 Å². The number of hydrogen-bond acceptors (Lipinski definition) is 5. The number of nitrogens with zero attached hydrogens (tertiary/aromatic N) is 4. The van der Waals surface area contributed by atoms with Gasteiger partial charge in [-0.15, -0.1) is 5.10 Å². The SMILES string of the molecule is CCNC(N)=NCc1cn([C@@H]2COC[C@H]2OC)nn1. The summed E-state index contributed by atoms with van der Waals surface area (Å²) in [6, 6.07) is 0.0707. The van der Waals surface area contributed by atoms with Crippen LogP contribution in [0.15, 0.2) is 11.2 Å². The Balaban J connectivity index is 1.97. The standard InChI is InChI=1S/C11H20N6O2/c1-3-13-11(12)14-4-8-5-17(16-15-8)9-6-19-7-10(9)18-2/h5,9-10H,3-4,6-7H2,1-2H3,(H3,12,13,14)/t9-,10-/m1/s1. The maximum atomic E-state index is 5.65. The second-order valence-corrected chi connectivity index (χ2v) is 4.30. The highest BCUT2D eigenvalue weighted by Gasteiger charge is 2.30. The first-order chi connectivity index (χ1) is 9.24. The van der Waals surface area contributed by atoms with Crippen LogP contribution in [0.2, 0.25) is 0 Å². The van der Waals surface area contributed by atoms with E-state index in [4.69, 9.17) is 15.2 Å². The molecule has 0 radical (unpaired) electrons. The molecule has 0 bridgehead atoms. The lowest BCUT2D eigenvalue weighted by atomic mass is 10.2. The minimum Gasteiger partial charge on any atom is -0.377 e. The van der Waals surface area contributed by atoms with Crippen molar-refractivity contribution in [3.05, 3.63) is 11.9 Å². The van der Waals surface area contributed by atoms with Gasteiger partial charge in [0.2, 0.25) is 0 Å². The number of nitrogens with one attached hydrogen (secondary N) is 1. The normalized spacial score (nSPS) is 23.8. The van der Waals surface area contributed by atoms with E-state index in [0.29, 0.717) is 25.7 Å². The molecule has 1 saturated heterocycles. The molecule has 1 aromatic rings. The maximum absolute atomic E-state index is 5.65. The summed E-state index contributed by atoms with van der Waals surface area (Å²) in [5.41, 5.74) is 6.41. The summed E-state index contributed by atoms with van der Waals surface area (Å²) < 4.78 is 12.5. The number of rotatable bonds is 5. The molecule has 2 heterocycles. The van der Waals surface area contributed by atoms with Crippen molar-refractivity contribution >= 4 is 5.96 Å². The van der Waals surface area contributed by atoms with Crippen molar-refractivity contribution in [3.63, 3.8) is 0 Å². The van der Waals surface area contributed by atoms with Gasteiger partial charge < -0.3 is 20.5 Å². The summed E-state index contributed by atoms with van der Waals surface area (Å²) in [7, 11) is 1.67. The molecule has 0 amide bonds. The van der Waals surface area contributed by atoms with Crippen molar-refractivity contribution < 1.29 is 9.47 Å². The predicted molar refractivity (Wildman–Crippen MR) is 69.7 cm³/mol. The van der Waals surface area contributed by atoms with Crippen LogP contribution in [0.1, 0.15) is 18.7 Å². The summed E-state index contributed by atoms with van der Waals surface area (Å²) in [6.07, 6.45) is 1.87. The van der Waals surface area contributed by atoms with Crippen LogP contribution >= 0.6 is 0 Å². The lowest BCUT2D eigenvalue weighted by Gasteiger charge is -2.15. The highest BCUT2D eigenvalue weighted by Crippen LogP contribution is 2.21. The van der Waals surface area contributed by atoms with Crippen molar-refractivity contribution in [2.45, 2.75) is 25.6 Å². The highest BCUT2D eigenvalue weighted by molar-refractivity contribution is 5.77. The average Bonchev–Trinajstić information content (AvgIpc) is 3.05. The zero-order chi connectivity index (χ0) is 13.7. The molecular weight excluding hydrogens is 248 g/mol. The van der Waals surface area contributed by atoms with Crippen LogP contribution in [0.25, 0.3) is 0 Å². The molecular formula is C11H20N6O2. The van der Waals surface area contributed by atoms with Crippen LogP contribution in [-0.2, 0) is 16.0 Å². The topological polar surface area (TPSA) is 99.6 Å². The molecule has 8 heteroatoms. The Morgan fingerprint density at radius 2 is 2.53 bits per heavy atom. The molecule has 3 N–H and O–H groups in total. The first-order valence-electron chi connectivity index (χ1n) is 6.29. The third-order valence-electron chi connectivity index (χ3n) is 2.97. The van der Waals surface area contributed by atoms with Gasteiger partial charge in [-0.05, 0) is 6.92 Å². The number of guanidine groups is 1. The van der Waals surface area contributed by atoms with Gasteiger partial charge in [0.05, 0.1) is 26.0 Å². The van der Waals surface area contributed by atoms with Crippen molar-refractivity contribution in [2.75, 3.05) is 26.9 Å². The van der Waals surface area contributed by atoms with Crippen LogP contribution < -0.4 is 11.1 Å². The molecule has 0 saturated carbocycles. The average molecular weight is 268 g/mol. The molecule has 106 valence electrons. The van der Waals surface area contributed by atoms with Gasteiger partial charge in [-0.3, -0.25) is 0 Å². The number of methoxy groups -OCH3 is 1. The second-order valence-electron chi connectivity index (χ2n) is 4.30. The smallest absolute Gasteiger partial charge is 0.188 e. The summed E-state index contributed by atoms with van der Waals surface area (Å²) in [5, 5.41) is 11.1. The molecule has 0 aromatic carbocycles. The van der Waals surface area contributed by atoms with E-state index in [0.717, 1.165) is 12.2 Å². The van der Waals surface area contributed by atoms with E-state index in [1.54, 1.807) is 11.8 Å². The second kappa shape index (κ2) is 6.48. The van der Waals surface area contributed by atoms with Crippen molar-refractivity contribution in [1.29, 1.82) is 0 Å². The fourth-order valence-corrected chi connectivity index (χ4v) is 1.95. The summed E-state index contributed by atoms with van der Waals surface area (Å²) in [4.78, 5) is 4.17. The Labute approximate surface area is 112 Å². The first-order valence-corrected chi connectivity index (χ1v) is 6.29. The van der Waals surface area contributed by atoms with E-state index >= 15 is 0 Å². The number of aliphatic imine (C=N–C) groups is 1. The number of ether oxygens (including phenoxy) is 2. The van der Waals surface area contributed by atoms with E-state index in [-0.39, 0.29) is 12.1 Å². The molecule has 2 rings (SSSR count). The quantitative estimate of drug-likeness (QED) is 0.540. The number of hydrogen-bond donors (Lipinski definition) is 2. The molecule has 0 aliphatic carbocycles. The monoisotopic (exact) mass is 268 g/mol. The van der Waals surface area contributed by atoms with Gasteiger partial charge in [0.15, 0.2) is 5.96 Å². The summed E-state index contributed by atoms with van der Waals surface area (Å²) >= 11 is 0. The first kappa shape index (κ1) is 13.8. The minimum absolute atomic E-state index is 0.0184. The predicted octanol–water partition coefficient (Wildman–Crippen LogP) is -0.711. The molecule has 1 fully saturated rings. The van der Waals surface area contributed by atoms with E-state index in [1.807, 2.05) is 13.1 Å². The van der Waals surface area contributed by atoms with Gasteiger partial charge in [-0.25, -0.2) is 9.67 Å². The number of nitrogens with two attached hydrogens (primary N) is 1. The zero-order valence-corrected chi connectivity index (χ0v) is 11.2. The Morgan fingerprint density at radius 1 is 1.68 bits per heavy atom. The molecule has 1 aliphatic rings. The molecule has 0 unspecified atom stereocenters. The van der Waals surface area contributed by atoms with Gasteiger partial charge in [0.25, 0.3) is 0 Å². The molecule has 8 nitrogen and oxygen atoms in total. The van der Waals surface area contributed by atoms with Crippen molar-refractivity contribution in [2.24, 2.45) is 10.7 Å². The van der Waals surface area contributed by atoms with E-state index in [1.165, 1.54) is 0 Å². The highest BCUT2D eigenvalue weighted by atomic mass is 16.5. The van der Waals surface area contributed by atoms with E-state index in [2.05, 4.69) is 20.6 Å². The molecule has 2 atom stereocenters. The molecule has 19 heavy (non-hydrogen) atoms. The summed E-state index contributed by atoms with van der Waals surface area (Å²) in [5.74, 6) is 0.413. The van der Waals surface area contributed by atoms with E-state index in [9.17, 15) is 0 Å². The van der Waals surface area contributed by atoms with Crippen molar-refractivity contribution in [1.82, 2.24) is 20.3 Å². The van der Waals surface area contributed by atoms with E-state index < -0.39 is 0 Å². The van der Waals surface area contributed by atoms with Gasteiger partial charge in [0, 0.05) is 13.7 Å². The number of aromatic nitrogens is 3. The van der Waals surface area contributed by atoms with Crippen LogP contribution in [0.5, 0.6) is 0 Å². The summed E-state index contributed by atoms with van der Waals surface area (Å²) in [6.45, 7) is 4.29. The zero-order valence-electron chi connectivity index (χ0n) is 11.2. The maximum Gasteiger partial charge on any atom is 0.188 e. The van der Waals surface area contributed by atoms with Gasteiger partial charge in [0.1, 0.15) is 17.8 Å². The van der Waals surface area contributed by atoms with Gasteiger partial charge >= 0.3 is 0 Å². The fraction of sp³-hybridized carbons (Fsp3) is 0.727. The molecule has 0 spiro atoms. The Kier molecular flexibility index (Phi) is 4.69. The minimum atomic E-state index is 0.0184. The largest absolute Gasteiger partial charge is 0.377 e. The van der Waals surface area contributed by atoms with Gasteiger partial charge in [-0.1, -0.05) is 5.21 Å². The molecule has 1 aromatic heterocycles. The Hall–Kier alpha value is -1.67. The Bertz CT molecular complexity index is 433. The fourth-order valence-electron chi connectivity index (χ4n) is 1.95. The lowest BCUT2D eigenvalue weighted by molar-refractivity contribution is 0.0661. The Morgan fingerprint density at radius 3 is 3.26 bits per heavy atom. The van der Waals surface area contributed by atoms with Crippen LogP contribution in [0.4, 0.5) is 0 Å². The lowest BCUT2D eigenvalue weighted by Crippen LogP contribution is -2.31. The third-order valence-corrected chi connectivity index (χ3v) is 2.97. The van der Waals surface area contributed by atoms with Crippen LogP contribution in [-0.4, -0.2) is 53.9 Å². The van der Waals surface area contributed by atoms with Gasteiger partial charge in [-0.2, -0.15) is 0 Å². The van der Waals surface area contributed by atoms with Crippen LogP contribution in [0, 0.1) is 0 Å². The van der Waals surface area contributed by atoms with Crippen molar-refractivity contribution in [3.8, 4) is 0 Å². The third kappa shape index (κ3) is 3.42.